The molecule has 1 N–H and O–H groups in total. The van der Waals surface area contributed by atoms with Crippen molar-refractivity contribution in [2.24, 2.45) is 0 Å². The first-order chi connectivity index (χ1) is 8.75. The van der Waals surface area contributed by atoms with Crippen molar-refractivity contribution in [3.05, 3.63) is 11.6 Å². The van der Waals surface area contributed by atoms with E-state index in [1.165, 1.54) is 0 Å². The van der Waals surface area contributed by atoms with Crippen LogP contribution in [0.5, 0.6) is 0 Å². The van der Waals surface area contributed by atoms with Crippen LogP contribution in [0, 0.1) is 0 Å². The highest BCUT2D eigenvalue weighted by atomic mass is 16.5. The third-order valence-electron chi connectivity index (χ3n) is 3.68. The Hall–Kier alpha value is -1.47. The molecule has 0 spiro atoms. The predicted octanol–water partition coefficient (Wildman–Crippen LogP) is -0.0291. The quantitative estimate of drug-likeness (QED) is 0.796. The standard InChI is InChI=1S/C11H16N4O3/c16-11(17)10-13-12-9-7-14(3-4-15(9)10)8-1-5-18-6-2-8/h8H,1-7H2,(H,16,17). The Labute approximate surface area is 104 Å². The first-order valence-electron chi connectivity index (χ1n) is 6.23. The lowest BCUT2D eigenvalue weighted by atomic mass is 10.1. The van der Waals surface area contributed by atoms with E-state index in [9.17, 15) is 4.79 Å². The van der Waals surface area contributed by atoms with Gasteiger partial charge in [-0.1, -0.05) is 0 Å². The minimum absolute atomic E-state index is 0.0524. The molecule has 0 radical (unpaired) electrons. The van der Waals surface area contributed by atoms with Gasteiger partial charge in [-0.2, -0.15) is 0 Å². The van der Waals surface area contributed by atoms with Gasteiger partial charge >= 0.3 is 5.97 Å². The Balaban J connectivity index is 1.75. The number of nitrogens with zero attached hydrogens (tertiary/aromatic N) is 4. The van der Waals surface area contributed by atoms with Gasteiger partial charge in [-0.3, -0.25) is 4.90 Å². The average Bonchev–Trinajstić information content (AvgIpc) is 2.82. The molecule has 0 aromatic carbocycles. The summed E-state index contributed by atoms with van der Waals surface area (Å²) in [7, 11) is 0. The maximum Gasteiger partial charge on any atom is 0.374 e. The van der Waals surface area contributed by atoms with Crippen molar-refractivity contribution in [3.8, 4) is 0 Å². The number of fused-ring (bicyclic) bond motifs is 1. The summed E-state index contributed by atoms with van der Waals surface area (Å²) in [5.41, 5.74) is 0. The molecule has 1 fully saturated rings. The van der Waals surface area contributed by atoms with Gasteiger partial charge in [0, 0.05) is 32.3 Å². The Morgan fingerprint density at radius 3 is 2.78 bits per heavy atom. The van der Waals surface area contributed by atoms with Gasteiger partial charge in [0.1, 0.15) is 5.82 Å². The molecule has 0 amide bonds. The second kappa shape index (κ2) is 4.66. The molecule has 7 heteroatoms. The van der Waals surface area contributed by atoms with Crippen molar-refractivity contribution in [2.45, 2.75) is 32.0 Å². The third-order valence-corrected chi connectivity index (χ3v) is 3.68. The normalized spacial score (nSPS) is 21.8. The lowest BCUT2D eigenvalue weighted by Gasteiger charge is -2.36. The number of carboxylic acid groups (broad SMARTS) is 1. The van der Waals surface area contributed by atoms with Crippen molar-refractivity contribution in [1.82, 2.24) is 19.7 Å². The van der Waals surface area contributed by atoms with Crippen LogP contribution in [0.15, 0.2) is 0 Å². The Morgan fingerprint density at radius 1 is 1.28 bits per heavy atom. The van der Waals surface area contributed by atoms with Crippen LogP contribution in [0.25, 0.3) is 0 Å². The lowest BCUT2D eigenvalue weighted by molar-refractivity contribution is 0.0231. The number of carboxylic acids is 1. The molecule has 0 saturated carbocycles. The Bertz CT molecular complexity index is 453. The number of aromatic nitrogens is 3. The Kier molecular flexibility index (Phi) is 3.00. The van der Waals surface area contributed by atoms with Gasteiger partial charge in [0.05, 0.1) is 6.54 Å². The number of aromatic carboxylic acids is 1. The predicted molar refractivity (Wildman–Crippen MR) is 61.2 cm³/mol. The SMILES string of the molecule is O=C(O)c1nnc2n1CCN(C1CCOCC1)C2. The maximum absolute atomic E-state index is 11.0. The fourth-order valence-corrected chi connectivity index (χ4v) is 2.70. The molecule has 18 heavy (non-hydrogen) atoms. The van der Waals surface area contributed by atoms with Crippen LogP contribution in [0.1, 0.15) is 29.3 Å². The van der Waals surface area contributed by atoms with Crippen LogP contribution in [-0.4, -0.2) is 56.5 Å². The second-order valence-electron chi connectivity index (χ2n) is 4.71. The summed E-state index contributed by atoms with van der Waals surface area (Å²) in [4.78, 5) is 13.3. The van der Waals surface area contributed by atoms with Crippen molar-refractivity contribution in [3.63, 3.8) is 0 Å². The van der Waals surface area contributed by atoms with E-state index in [0.29, 0.717) is 19.1 Å². The molecule has 1 saturated heterocycles. The van der Waals surface area contributed by atoms with Gasteiger partial charge in [-0.15, -0.1) is 10.2 Å². The first-order valence-corrected chi connectivity index (χ1v) is 6.23. The van der Waals surface area contributed by atoms with Crippen molar-refractivity contribution < 1.29 is 14.6 Å². The van der Waals surface area contributed by atoms with Crippen LogP contribution >= 0.6 is 0 Å². The third kappa shape index (κ3) is 1.99. The average molecular weight is 252 g/mol. The highest BCUT2D eigenvalue weighted by Crippen LogP contribution is 2.20. The summed E-state index contributed by atoms with van der Waals surface area (Å²) >= 11 is 0. The van der Waals surface area contributed by atoms with Crippen LogP contribution in [-0.2, 0) is 17.8 Å². The van der Waals surface area contributed by atoms with E-state index in [4.69, 9.17) is 9.84 Å². The van der Waals surface area contributed by atoms with E-state index in [1.54, 1.807) is 4.57 Å². The second-order valence-corrected chi connectivity index (χ2v) is 4.71. The highest BCUT2D eigenvalue weighted by molar-refractivity contribution is 5.83. The highest BCUT2D eigenvalue weighted by Gasteiger charge is 2.29. The zero-order valence-electron chi connectivity index (χ0n) is 10.1. The van der Waals surface area contributed by atoms with E-state index in [1.807, 2.05) is 0 Å². The largest absolute Gasteiger partial charge is 0.475 e. The van der Waals surface area contributed by atoms with Crippen LogP contribution in [0.2, 0.25) is 0 Å². The molecular weight excluding hydrogens is 236 g/mol. The molecule has 2 aliphatic rings. The van der Waals surface area contributed by atoms with Gasteiger partial charge in [-0.25, -0.2) is 4.79 Å². The molecule has 0 unspecified atom stereocenters. The minimum Gasteiger partial charge on any atom is -0.475 e. The van der Waals surface area contributed by atoms with Crippen molar-refractivity contribution in [1.29, 1.82) is 0 Å². The Morgan fingerprint density at radius 2 is 2.06 bits per heavy atom. The lowest BCUT2D eigenvalue weighted by Crippen LogP contribution is -2.44. The zero-order valence-corrected chi connectivity index (χ0v) is 10.1. The smallest absolute Gasteiger partial charge is 0.374 e. The molecule has 0 aliphatic carbocycles. The molecular formula is C11H16N4O3. The fourth-order valence-electron chi connectivity index (χ4n) is 2.70. The monoisotopic (exact) mass is 252 g/mol. The molecule has 3 rings (SSSR count). The molecule has 2 aliphatic heterocycles. The summed E-state index contributed by atoms with van der Waals surface area (Å²) in [6.07, 6.45) is 2.08. The van der Waals surface area contributed by atoms with Gasteiger partial charge in [0.2, 0.25) is 5.82 Å². The van der Waals surface area contributed by atoms with E-state index in [-0.39, 0.29) is 5.82 Å². The van der Waals surface area contributed by atoms with Gasteiger partial charge < -0.3 is 14.4 Å². The van der Waals surface area contributed by atoms with Crippen LogP contribution in [0.3, 0.4) is 0 Å². The van der Waals surface area contributed by atoms with Gasteiger partial charge in [0.15, 0.2) is 0 Å². The summed E-state index contributed by atoms with van der Waals surface area (Å²) in [5.74, 6) is -0.199. The number of hydrogen-bond acceptors (Lipinski definition) is 5. The van der Waals surface area contributed by atoms with Crippen molar-refractivity contribution >= 4 is 5.97 Å². The number of hydrogen-bond donors (Lipinski definition) is 1. The minimum atomic E-state index is -1.01. The number of carbonyl (C=O) groups is 1. The number of rotatable bonds is 2. The van der Waals surface area contributed by atoms with E-state index in [2.05, 4.69) is 15.1 Å². The topological polar surface area (TPSA) is 80.5 Å². The summed E-state index contributed by atoms with van der Waals surface area (Å²) in [6, 6.07) is 0.525. The molecule has 1 aromatic rings. The molecule has 0 atom stereocenters. The summed E-state index contributed by atoms with van der Waals surface area (Å²) in [6.45, 7) is 3.82. The maximum atomic E-state index is 11.0. The molecule has 98 valence electrons. The molecule has 1 aromatic heterocycles. The van der Waals surface area contributed by atoms with Gasteiger partial charge in [-0.05, 0) is 12.8 Å². The van der Waals surface area contributed by atoms with Crippen molar-refractivity contribution in [2.75, 3.05) is 19.8 Å². The van der Waals surface area contributed by atoms with E-state index >= 15 is 0 Å². The molecule has 3 heterocycles. The van der Waals surface area contributed by atoms with Gasteiger partial charge in [0.25, 0.3) is 0 Å². The fraction of sp³-hybridized carbons (Fsp3) is 0.727. The van der Waals surface area contributed by atoms with Crippen LogP contribution in [0.4, 0.5) is 0 Å². The first kappa shape index (κ1) is 11.6. The number of ether oxygens (including phenoxy) is 1. The summed E-state index contributed by atoms with van der Waals surface area (Å²) in [5, 5.41) is 16.7. The van der Waals surface area contributed by atoms with E-state index < -0.39 is 5.97 Å². The van der Waals surface area contributed by atoms with E-state index in [0.717, 1.165) is 38.4 Å². The molecule has 7 nitrogen and oxygen atoms in total. The zero-order chi connectivity index (χ0) is 12.5. The van der Waals surface area contributed by atoms with Crippen LogP contribution < -0.4 is 0 Å². The summed E-state index contributed by atoms with van der Waals surface area (Å²) < 4.78 is 7.06. The molecule has 0 bridgehead atoms.